The van der Waals surface area contributed by atoms with Gasteiger partial charge in [0.1, 0.15) is 7.05 Å². The van der Waals surface area contributed by atoms with Crippen molar-refractivity contribution in [3.8, 4) is 0 Å². The van der Waals surface area contributed by atoms with Gasteiger partial charge in [-0.05, 0) is 103 Å². The summed E-state index contributed by atoms with van der Waals surface area (Å²) < 4.78 is 2.16. The van der Waals surface area contributed by atoms with Crippen molar-refractivity contribution < 1.29 is 4.57 Å². The first kappa shape index (κ1) is 39.9. The van der Waals surface area contributed by atoms with Gasteiger partial charge in [-0.25, -0.2) is 4.57 Å². The molecule has 1 aliphatic rings. The van der Waals surface area contributed by atoms with Crippen LogP contribution in [0.4, 0.5) is 5.69 Å². The normalized spacial score (nSPS) is 12.9. The fourth-order valence-electron chi connectivity index (χ4n) is 6.68. The Morgan fingerprint density at radius 3 is 1.89 bits per heavy atom. The van der Waals surface area contributed by atoms with Crippen LogP contribution < -0.4 is 9.47 Å². The summed E-state index contributed by atoms with van der Waals surface area (Å²) in [4.78, 5) is 9.55. The quantitative estimate of drug-likeness (QED) is 0.0421. The van der Waals surface area contributed by atoms with Crippen molar-refractivity contribution in [2.75, 3.05) is 29.5 Å². The third-order valence-corrected chi connectivity index (χ3v) is 12.4. The van der Waals surface area contributed by atoms with Gasteiger partial charge in [-0.1, -0.05) is 119 Å². The van der Waals surface area contributed by atoms with Gasteiger partial charge in [0.15, 0.2) is 6.20 Å². The molecule has 2 aromatic heterocycles. The Balaban J connectivity index is 0.923. The minimum absolute atomic E-state index is 0.922. The van der Waals surface area contributed by atoms with Crippen LogP contribution in [0.15, 0.2) is 163 Å². The lowest BCUT2D eigenvalue weighted by molar-refractivity contribution is -0.673. The fraction of sp³-hybridized carbons (Fsp3) is 0.265. The highest BCUT2D eigenvalue weighted by Gasteiger charge is 2.14. The van der Waals surface area contributed by atoms with Gasteiger partial charge >= 0.3 is 0 Å². The van der Waals surface area contributed by atoms with E-state index in [2.05, 4.69) is 183 Å². The van der Waals surface area contributed by atoms with Gasteiger partial charge in [0.05, 0.1) is 5.69 Å². The summed E-state index contributed by atoms with van der Waals surface area (Å²) in [5.74, 6) is 2.40. The molecule has 0 saturated heterocycles. The predicted molar refractivity (Wildman–Crippen MR) is 239 cm³/mol. The largest absolute Gasteiger partial charge is 0.370 e. The van der Waals surface area contributed by atoms with Crippen molar-refractivity contribution in [2.24, 2.45) is 7.05 Å². The van der Waals surface area contributed by atoms with Crippen molar-refractivity contribution in [1.29, 1.82) is 0 Å². The molecule has 0 radical (unpaired) electrons. The Morgan fingerprint density at radius 2 is 1.25 bits per heavy atom. The molecule has 6 rings (SSSR count). The van der Waals surface area contributed by atoms with E-state index in [-0.39, 0.29) is 0 Å². The third-order valence-electron chi connectivity index (χ3n) is 9.85. The molecule has 55 heavy (non-hydrogen) atoms. The lowest BCUT2D eigenvalue weighted by Crippen LogP contribution is -2.30. The van der Waals surface area contributed by atoms with Gasteiger partial charge in [0.25, 0.3) is 0 Å². The number of aryl methyl sites for hydroxylation is 1. The van der Waals surface area contributed by atoms with E-state index in [1.165, 1.54) is 76.5 Å². The number of aromatic nitrogens is 2. The topological polar surface area (TPSA) is 23.2 Å². The van der Waals surface area contributed by atoms with E-state index in [1.54, 1.807) is 0 Å². The second-order valence-corrected chi connectivity index (χ2v) is 16.7. The van der Waals surface area contributed by atoms with E-state index >= 15 is 0 Å². The third kappa shape index (κ3) is 13.8. The molecule has 0 atom stereocenters. The molecular formula is C49H55N4S2+. The average molecular weight is 764 g/mol. The Hall–Kier alpha value is -4.78. The van der Waals surface area contributed by atoms with E-state index in [4.69, 9.17) is 0 Å². The van der Waals surface area contributed by atoms with Crippen LogP contribution in [0, 0.1) is 0 Å². The minimum atomic E-state index is 0.922. The van der Waals surface area contributed by atoms with Gasteiger partial charge in [0.2, 0.25) is 5.69 Å². The standard InChI is InChI=1S/C49H55N4S2/c1-51-35-11-9-21-47(51)29-23-43-26-32-49(33-27-43)53(41-45-18-6-3-7-19-45)37-13-15-39-55-54-38-14-12-36-52(40-44-16-4-2-5-17-44)48-30-24-42(25-31-48)22-28-46-20-8-10-34-50-46/h2-11,16-26,28-32,34-35H,12-15,27,33,36-41H2,1H3/q+1/b28-22+. The van der Waals surface area contributed by atoms with Crippen molar-refractivity contribution in [3.05, 3.63) is 191 Å². The molecule has 0 N–H and O–H groups in total. The van der Waals surface area contributed by atoms with Crippen molar-refractivity contribution in [2.45, 2.75) is 51.6 Å². The van der Waals surface area contributed by atoms with Crippen LogP contribution in [-0.4, -0.2) is 34.5 Å². The number of benzene rings is 3. The Kier molecular flexibility index (Phi) is 16.4. The molecular weight excluding hydrogens is 709 g/mol. The van der Waals surface area contributed by atoms with Crippen LogP contribution in [-0.2, 0) is 20.1 Å². The number of pyridine rings is 2. The molecule has 5 aromatic rings. The molecule has 1 aliphatic carbocycles. The van der Waals surface area contributed by atoms with Crippen molar-refractivity contribution >= 4 is 45.5 Å². The zero-order chi connectivity index (χ0) is 37.8. The summed E-state index contributed by atoms with van der Waals surface area (Å²) in [6.45, 7) is 4.05. The van der Waals surface area contributed by atoms with Crippen LogP contribution in [0.1, 0.15) is 66.6 Å². The van der Waals surface area contributed by atoms with E-state index in [0.29, 0.717) is 0 Å². The molecule has 0 amide bonds. The van der Waals surface area contributed by atoms with Gasteiger partial charge in [-0.15, -0.1) is 0 Å². The molecule has 4 nitrogen and oxygen atoms in total. The van der Waals surface area contributed by atoms with E-state index in [1.807, 2.05) is 35.2 Å². The Labute approximate surface area is 337 Å². The molecule has 0 fully saturated rings. The number of anilines is 1. The first-order chi connectivity index (χ1) is 27.2. The SMILES string of the molecule is C[n+]1ccccc1/C=C/C1=CC=C(N(CCCCSSCCCCN(Cc2ccccc2)c2ccc(/C=C/c3ccccn3)cc2)Cc2ccccc2)CC1. The number of unbranched alkanes of at least 4 members (excludes halogenated alkanes) is 2. The average Bonchev–Trinajstić information content (AvgIpc) is 3.24. The summed E-state index contributed by atoms with van der Waals surface area (Å²) in [6.07, 6.45) is 24.4. The molecule has 2 heterocycles. The zero-order valence-electron chi connectivity index (χ0n) is 32.3. The molecule has 0 spiro atoms. The molecule has 0 unspecified atom stereocenters. The van der Waals surface area contributed by atoms with Crippen LogP contribution >= 0.6 is 21.6 Å². The zero-order valence-corrected chi connectivity index (χ0v) is 33.9. The van der Waals surface area contributed by atoms with Gasteiger partial charge in [-0.3, -0.25) is 4.98 Å². The first-order valence-electron chi connectivity index (χ1n) is 19.7. The number of hydrogen-bond donors (Lipinski definition) is 0. The summed E-state index contributed by atoms with van der Waals surface area (Å²) in [6, 6.07) is 43.0. The van der Waals surface area contributed by atoms with Crippen LogP contribution in [0.5, 0.6) is 0 Å². The summed E-state index contributed by atoms with van der Waals surface area (Å²) in [7, 11) is 6.20. The van der Waals surface area contributed by atoms with Gasteiger partial charge in [0, 0.05) is 73.5 Å². The number of hydrogen-bond acceptors (Lipinski definition) is 5. The van der Waals surface area contributed by atoms with E-state index < -0.39 is 0 Å². The Bertz CT molecular complexity index is 1970. The van der Waals surface area contributed by atoms with Crippen molar-refractivity contribution in [1.82, 2.24) is 9.88 Å². The predicted octanol–water partition coefficient (Wildman–Crippen LogP) is 11.8. The molecule has 282 valence electrons. The van der Waals surface area contributed by atoms with Gasteiger partial charge in [-0.2, -0.15) is 0 Å². The van der Waals surface area contributed by atoms with Crippen LogP contribution in [0.25, 0.3) is 18.2 Å². The highest BCUT2D eigenvalue weighted by atomic mass is 33.1. The maximum absolute atomic E-state index is 4.40. The fourth-order valence-corrected chi connectivity index (χ4v) is 8.97. The second-order valence-electron chi connectivity index (χ2n) is 14.0. The number of rotatable bonds is 21. The lowest BCUT2D eigenvalue weighted by Gasteiger charge is -2.29. The van der Waals surface area contributed by atoms with E-state index in [0.717, 1.165) is 44.7 Å². The monoisotopic (exact) mass is 763 g/mol. The maximum Gasteiger partial charge on any atom is 0.204 e. The lowest BCUT2D eigenvalue weighted by atomic mass is 10.00. The first-order valence-corrected chi connectivity index (χ1v) is 22.2. The smallest absolute Gasteiger partial charge is 0.204 e. The summed E-state index contributed by atoms with van der Waals surface area (Å²) in [5, 5.41) is 0. The number of nitrogens with zero attached hydrogens (tertiary/aromatic N) is 4. The Morgan fingerprint density at radius 1 is 0.600 bits per heavy atom. The summed E-state index contributed by atoms with van der Waals surface area (Å²) >= 11 is 0. The molecule has 3 aromatic carbocycles. The highest BCUT2D eigenvalue weighted by Crippen LogP contribution is 2.27. The van der Waals surface area contributed by atoms with Crippen molar-refractivity contribution in [3.63, 3.8) is 0 Å². The molecule has 6 heteroatoms. The van der Waals surface area contributed by atoms with Crippen LogP contribution in [0.3, 0.4) is 0 Å². The number of allylic oxidation sites excluding steroid dienone is 5. The second kappa shape index (κ2) is 22.6. The van der Waals surface area contributed by atoms with Crippen LogP contribution in [0.2, 0.25) is 0 Å². The maximum atomic E-state index is 4.40. The van der Waals surface area contributed by atoms with E-state index in [9.17, 15) is 0 Å². The summed E-state index contributed by atoms with van der Waals surface area (Å²) in [5.41, 5.74) is 10.2. The molecule has 0 bridgehead atoms. The van der Waals surface area contributed by atoms with Gasteiger partial charge < -0.3 is 9.80 Å². The highest BCUT2D eigenvalue weighted by molar-refractivity contribution is 8.76. The molecule has 0 aliphatic heterocycles. The minimum Gasteiger partial charge on any atom is -0.370 e. The molecule has 0 saturated carbocycles.